The zero-order valence-corrected chi connectivity index (χ0v) is 15.0. The van der Waals surface area contributed by atoms with Crippen molar-refractivity contribution in [2.45, 2.75) is 51.6 Å². The highest BCUT2D eigenvalue weighted by atomic mass is 16.2. The van der Waals surface area contributed by atoms with Crippen LogP contribution < -0.4 is 0 Å². The van der Waals surface area contributed by atoms with Crippen LogP contribution in [0.5, 0.6) is 0 Å². The average molecular weight is 322 g/mol. The van der Waals surface area contributed by atoms with Gasteiger partial charge in [0.2, 0.25) is 5.91 Å². The fraction of sp³-hybridized carbons (Fsp3) is 0.944. The first-order valence-corrected chi connectivity index (χ1v) is 9.61. The van der Waals surface area contributed by atoms with E-state index in [1.165, 1.54) is 52.1 Å². The summed E-state index contributed by atoms with van der Waals surface area (Å²) in [6, 6.07) is 1.44. The Morgan fingerprint density at radius 1 is 0.957 bits per heavy atom. The molecule has 23 heavy (non-hydrogen) atoms. The molecule has 0 aliphatic carbocycles. The Labute approximate surface area is 141 Å². The van der Waals surface area contributed by atoms with Crippen molar-refractivity contribution < 1.29 is 4.79 Å². The Hall–Kier alpha value is -0.650. The van der Waals surface area contributed by atoms with Gasteiger partial charge >= 0.3 is 0 Å². The molecule has 0 saturated carbocycles. The fourth-order valence-corrected chi connectivity index (χ4v) is 4.11. The Balaban J connectivity index is 1.33. The van der Waals surface area contributed by atoms with Gasteiger partial charge in [-0.25, -0.2) is 0 Å². The van der Waals surface area contributed by atoms with Crippen LogP contribution in [0.1, 0.15) is 39.5 Å². The Morgan fingerprint density at radius 3 is 2.39 bits per heavy atom. The van der Waals surface area contributed by atoms with Gasteiger partial charge in [0.25, 0.3) is 0 Å². The molecule has 0 spiro atoms. The lowest BCUT2D eigenvalue weighted by Gasteiger charge is -2.49. The summed E-state index contributed by atoms with van der Waals surface area (Å²) >= 11 is 0. The van der Waals surface area contributed by atoms with Crippen molar-refractivity contribution in [3.05, 3.63) is 0 Å². The van der Waals surface area contributed by atoms with E-state index in [9.17, 15) is 4.79 Å². The summed E-state index contributed by atoms with van der Waals surface area (Å²) in [5.41, 5.74) is 0. The van der Waals surface area contributed by atoms with Gasteiger partial charge in [-0.15, -0.1) is 0 Å². The molecular weight excluding hydrogens is 288 g/mol. The van der Waals surface area contributed by atoms with Gasteiger partial charge in [0.05, 0.1) is 0 Å². The van der Waals surface area contributed by atoms with E-state index in [1.807, 2.05) is 0 Å². The van der Waals surface area contributed by atoms with E-state index in [0.717, 1.165) is 38.5 Å². The van der Waals surface area contributed by atoms with Crippen LogP contribution in [0.25, 0.3) is 0 Å². The molecule has 5 nitrogen and oxygen atoms in total. The van der Waals surface area contributed by atoms with Gasteiger partial charge in [-0.2, -0.15) is 0 Å². The highest BCUT2D eigenvalue weighted by Crippen LogP contribution is 2.18. The van der Waals surface area contributed by atoms with E-state index in [2.05, 4.69) is 33.4 Å². The fourth-order valence-electron chi connectivity index (χ4n) is 4.11. The molecule has 0 N–H and O–H groups in total. The average Bonchev–Trinajstić information content (AvgIpc) is 2.71. The minimum Gasteiger partial charge on any atom is -0.341 e. The minimum absolute atomic E-state index is 0.379. The lowest BCUT2D eigenvalue weighted by Crippen LogP contribution is -2.64. The molecule has 1 amide bonds. The first-order valence-electron chi connectivity index (χ1n) is 9.61. The number of likely N-dealkylation sites (tertiary alicyclic amines) is 2. The van der Waals surface area contributed by atoms with Crippen molar-refractivity contribution in [1.82, 2.24) is 19.6 Å². The Morgan fingerprint density at radius 2 is 1.70 bits per heavy atom. The van der Waals surface area contributed by atoms with Crippen LogP contribution in [-0.2, 0) is 4.79 Å². The zero-order valence-electron chi connectivity index (χ0n) is 15.0. The third kappa shape index (κ3) is 4.46. The first kappa shape index (κ1) is 17.2. The number of piperazine rings is 1. The smallest absolute Gasteiger partial charge is 0.222 e. The second kappa shape index (κ2) is 7.95. The molecule has 132 valence electrons. The summed E-state index contributed by atoms with van der Waals surface area (Å²) in [4.78, 5) is 21.9. The molecular formula is C18H34N4O. The van der Waals surface area contributed by atoms with Gasteiger partial charge < -0.3 is 4.90 Å². The minimum atomic E-state index is 0.379. The van der Waals surface area contributed by atoms with E-state index in [0.29, 0.717) is 11.9 Å². The predicted octanol–water partition coefficient (Wildman–Crippen LogP) is 1.10. The van der Waals surface area contributed by atoms with Crippen LogP contribution in [0.15, 0.2) is 0 Å². The van der Waals surface area contributed by atoms with Crippen molar-refractivity contribution in [2.24, 2.45) is 0 Å². The van der Waals surface area contributed by atoms with Crippen molar-refractivity contribution in [1.29, 1.82) is 0 Å². The molecule has 0 radical (unpaired) electrons. The second-order valence-electron chi connectivity index (χ2n) is 7.77. The molecule has 3 aliphatic heterocycles. The molecule has 5 heteroatoms. The largest absolute Gasteiger partial charge is 0.341 e. The summed E-state index contributed by atoms with van der Waals surface area (Å²) in [6.07, 6.45) is 4.26. The highest BCUT2D eigenvalue weighted by molar-refractivity contribution is 5.76. The quantitative estimate of drug-likeness (QED) is 0.758. The molecule has 0 aromatic rings. The molecule has 3 saturated heterocycles. The third-order valence-corrected chi connectivity index (χ3v) is 5.89. The molecule has 0 bridgehead atoms. The van der Waals surface area contributed by atoms with E-state index in [4.69, 9.17) is 0 Å². The Bertz CT molecular complexity index is 386. The van der Waals surface area contributed by atoms with Crippen LogP contribution >= 0.6 is 0 Å². The summed E-state index contributed by atoms with van der Waals surface area (Å²) in [7, 11) is 0. The number of hydrogen-bond acceptors (Lipinski definition) is 4. The molecule has 3 aliphatic rings. The molecule has 3 rings (SSSR count). The normalized spacial score (nSPS) is 26.6. The van der Waals surface area contributed by atoms with Crippen LogP contribution in [0.4, 0.5) is 0 Å². The van der Waals surface area contributed by atoms with Crippen molar-refractivity contribution in [3.8, 4) is 0 Å². The topological polar surface area (TPSA) is 30.0 Å². The van der Waals surface area contributed by atoms with Crippen LogP contribution in [-0.4, -0.2) is 96.5 Å². The van der Waals surface area contributed by atoms with Crippen molar-refractivity contribution in [2.75, 3.05) is 58.9 Å². The van der Waals surface area contributed by atoms with E-state index < -0.39 is 0 Å². The van der Waals surface area contributed by atoms with Gasteiger partial charge in [0, 0.05) is 77.4 Å². The number of rotatable bonds is 5. The Kier molecular flexibility index (Phi) is 5.94. The zero-order chi connectivity index (χ0) is 16.2. The first-order chi connectivity index (χ1) is 11.1. The molecule has 3 fully saturated rings. The standard InChI is InChI=1S/C18H34N4O/c1-16(2)20-10-12-21(13-11-20)17-14-19(15-17)8-9-22-7-5-3-4-6-18(22)23/h16-17H,3-15H2,1-2H3. The number of hydrogen-bond donors (Lipinski definition) is 0. The van der Waals surface area contributed by atoms with Crippen LogP contribution in [0.2, 0.25) is 0 Å². The molecule has 0 aromatic heterocycles. The molecule has 0 atom stereocenters. The number of nitrogens with zero attached hydrogens (tertiary/aromatic N) is 4. The van der Waals surface area contributed by atoms with E-state index in [-0.39, 0.29) is 0 Å². The maximum Gasteiger partial charge on any atom is 0.222 e. The summed E-state index contributed by atoms with van der Waals surface area (Å²) in [6.45, 7) is 14.9. The maximum atomic E-state index is 12.0. The predicted molar refractivity (Wildman–Crippen MR) is 93.6 cm³/mol. The number of carbonyl (C=O) groups excluding carboxylic acids is 1. The van der Waals surface area contributed by atoms with Gasteiger partial charge in [0.15, 0.2) is 0 Å². The monoisotopic (exact) mass is 322 g/mol. The SMILES string of the molecule is CC(C)N1CCN(C2CN(CCN3CCCCCC3=O)C2)CC1. The van der Waals surface area contributed by atoms with Gasteiger partial charge in [-0.1, -0.05) is 6.42 Å². The van der Waals surface area contributed by atoms with Gasteiger partial charge in [-0.3, -0.25) is 19.5 Å². The van der Waals surface area contributed by atoms with Crippen LogP contribution in [0, 0.1) is 0 Å². The van der Waals surface area contributed by atoms with E-state index in [1.54, 1.807) is 0 Å². The van der Waals surface area contributed by atoms with Gasteiger partial charge in [-0.05, 0) is 26.7 Å². The second-order valence-corrected chi connectivity index (χ2v) is 7.77. The lowest BCUT2D eigenvalue weighted by atomic mass is 10.1. The van der Waals surface area contributed by atoms with Crippen LogP contribution in [0.3, 0.4) is 0 Å². The highest BCUT2D eigenvalue weighted by Gasteiger charge is 2.33. The van der Waals surface area contributed by atoms with E-state index >= 15 is 0 Å². The summed E-state index contributed by atoms with van der Waals surface area (Å²) in [5.74, 6) is 0.379. The van der Waals surface area contributed by atoms with Crippen molar-refractivity contribution >= 4 is 5.91 Å². The summed E-state index contributed by atoms with van der Waals surface area (Å²) < 4.78 is 0. The number of amides is 1. The molecule has 3 heterocycles. The maximum absolute atomic E-state index is 12.0. The van der Waals surface area contributed by atoms with Gasteiger partial charge in [0.1, 0.15) is 0 Å². The summed E-state index contributed by atoms with van der Waals surface area (Å²) in [5, 5.41) is 0. The van der Waals surface area contributed by atoms with Crippen molar-refractivity contribution in [3.63, 3.8) is 0 Å². The number of carbonyl (C=O) groups is 1. The third-order valence-electron chi connectivity index (χ3n) is 5.89. The molecule has 0 aromatic carbocycles. The molecule has 0 unspecified atom stereocenters. The lowest BCUT2D eigenvalue weighted by molar-refractivity contribution is -0.131.